The van der Waals surface area contributed by atoms with Crippen LogP contribution in [0.3, 0.4) is 0 Å². The number of halogens is 2. The van der Waals surface area contributed by atoms with E-state index in [1.54, 1.807) is 14.2 Å². The van der Waals surface area contributed by atoms with Gasteiger partial charge in [0.25, 0.3) is 0 Å². The molecule has 0 bridgehead atoms. The summed E-state index contributed by atoms with van der Waals surface area (Å²) < 4.78 is 18.2. The third kappa shape index (κ3) is 3.58. The second kappa shape index (κ2) is 8.03. The second-order valence-electron chi connectivity index (χ2n) is 6.42. The molecule has 1 heterocycles. The summed E-state index contributed by atoms with van der Waals surface area (Å²) >= 11 is 9.82. The predicted octanol–water partition coefficient (Wildman–Crippen LogP) is 6.35. The Morgan fingerprint density at radius 1 is 0.964 bits per heavy atom. The molecule has 2 unspecified atom stereocenters. The highest BCUT2D eigenvalue weighted by Gasteiger charge is 2.30. The number of hydrogen-bond donors (Lipinski definition) is 1. The fraction of sp³-hybridized carbons (Fsp3) is 0.182. The van der Waals surface area contributed by atoms with Crippen molar-refractivity contribution in [2.75, 3.05) is 19.5 Å². The molecule has 1 aliphatic rings. The van der Waals surface area contributed by atoms with Crippen molar-refractivity contribution in [3.05, 3.63) is 86.8 Å². The van der Waals surface area contributed by atoms with E-state index in [-0.39, 0.29) is 12.3 Å². The molecule has 0 fully saturated rings. The second-order valence-corrected chi connectivity index (χ2v) is 7.71. The van der Waals surface area contributed by atoms with E-state index in [0.29, 0.717) is 16.5 Å². The van der Waals surface area contributed by atoms with Gasteiger partial charge in [-0.25, -0.2) is 0 Å². The van der Waals surface area contributed by atoms with Gasteiger partial charge in [0.1, 0.15) is 6.10 Å². The maximum atomic E-state index is 6.48. The molecule has 144 valence electrons. The SMILES string of the molecule is COc1cc(C2Nc3ccc(Cl)cc3C(c3ccccc3)O2)cc(Br)c1OC. The number of fused-ring (bicyclic) bond motifs is 1. The Balaban J connectivity index is 1.79. The Morgan fingerprint density at radius 3 is 2.46 bits per heavy atom. The topological polar surface area (TPSA) is 39.7 Å². The largest absolute Gasteiger partial charge is 0.493 e. The highest BCUT2D eigenvalue weighted by atomic mass is 79.9. The van der Waals surface area contributed by atoms with E-state index < -0.39 is 0 Å². The summed E-state index contributed by atoms with van der Waals surface area (Å²) in [6.45, 7) is 0. The Morgan fingerprint density at radius 2 is 1.75 bits per heavy atom. The number of rotatable bonds is 4. The lowest BCUT2D eigenvalue weighted by atomic mass is 9.97. The van der Waals surface area contributed by atoms with Gasteiger partial charge >= 0.3 is 0 Å². The molecule has 0 aromatic heterocycles. The lowest BCUT2D eigenvalue weighted by Crippen LogP contribution is -2.25. The normalized spacial score (nSPS) is 18.1. The van der Waals surface area contributed by atoms with Gasteiger partial charge in [-0.3, -0.25) is 0 Å². The van der Waals surface area contributed by atoms with Crippen molar-refractivity contribution in [1.29, 1.82) is 0 Å². The molecular weight excluding hydrogens is 442 g/mol. The molecule has 0 saturated carbocycles. The minimum absolute atomic E-state index is 0.243. The summed E-state index contributed by atoms with van der Waals surface area (Å²) in [7, 11) is 3.23. The van der Waals surface area contributed by atoms with E-state index in [0.717, 1.165) is 26.9 Å². The zero-order valence-corrected chi connectivity index (χ0v) is 17.8. The number of nitrogens with one attached hydrogen (secondary N) is 1. The quantitative estimate of drug-likeness (QED) is 0.492. The molecule has 3 aromatic rings. The van der Waals surface area contributed by atoms with E-state index in [1.807, 2.05) is 48.5 Å². The molecule has 3 aromatic carbocycles. The summed E-state index contributed by atoms with van der Waals surface area (Å²) in [6, 6.07) is 19.8. The molecule has 28 heavy (non-hydrogen) atoms. The van der Waals surface area contributed by atoms with Gasteiger partial charge in [0.05, 0.1) is 18.7 Å². The first-order chi connectivity index (χ1) is 13.6. The highest BCUT2D eigenvalue weighted by Crippen LogP contribution is 2.45. The van der Waals surface area contributed by atoms with E-state index >= 15 is 0 Å². The van der Waals surface area contributed by atoms with E-state index in [9.17, 15) is 0 Å². The Bertz CT molecular complexity index is 997. The Labute approximate surface area is 177 Å². The molecule has 1 N–H and O–H groups in total. The van der Waals surface area contributed by atoms with Crippen molar-refractivity contribution >= 4 is 33.2 Å². The predicted molar refractivity (Wildman–Crippen MR) is 114 cm³/mol. The van der Waals surface area contributed by atoms with Crippen molar-refractivity contribution in [3.63, 3.8) is 0 Å². The van der Waals surface area contributed by atoms with Crippen LogP contribution in [0.4, 0.5) is 5.69 Å². The average Bonchev–Trinajstić information content (AvgIpc) is 2.73. The van der Waals surface area contributed by atoms with Crippen molar-refractivity contribution in [2.24, 2.45) is 0 Å². The maximum Gasteiger partial charge on any atom is 0.174 e. The summed E-state index contributed by atoms with van der Waals surface area (Å²) in [5.74, 6) is 1.28. The van der Waals surface area contributed by atoms with Gasteiger partial charge in [-0.15, -0.1) is 0 Å². The number of ether oxygens (including phenoxy) is 3. The van der Waals surface area contributed by atoms with Gasteiger partial charge in [-0.1, -0.05) is 41.9 Å². The van der Waals surface area contributed by atoms with Crippen LogP contribution in [0.15, 0.2) is 65.1 Å². The molecule has 0 radical (unpaired) electrons. The van der Waals surface area contributed by atoms with Gasteiger partial charge in [0.2, 0.25) is 0 Å². The van der Waals surface area contributed by atoms with Crippen LogP contribution >= 0.6 is 27.5 Å². The minimum atomic E-state index is -0.366. The van der Waals surface area contributed by atoms with Crippen LogP contribution in [-0.4, -0.2) is 14.2 Å². The van der Waals surface area contributed by atoms with Crippen molar-refractivity contribution in [1.82, 2.24) is 0 Å². The summed E-state index contributed by atoms with van der Waals surface area (Å²) in [5, 5.41) is 4.14. The smallest absolute Gasteiger partial charge is 0.174 e. The van der Waals surface area contributed by atoms with E-state index in [4.69, 9.17) is 25.8 Å². The molecule has 0 saturated heterocycles. The highest BCUT2D eigenvalue weighted by molar-refractivity contribution is 9.10. The third-order valence-corrected chi connectivity index (χ3v) is 5.54. The van der Waals surface area contributed by atoms with Gasteiger partial charge in [0, 0.05) is 21.8 Å². The van der Waals surface area contributed by atoms with E-state index in [2.05, 4.69) is 33.4 Å². The average molecular weight is 461 g/mol. The third-order valence-electron chi connectivity index (χ3n) is 4.72. The van der Waals surface area contributed by atoms with Crippen molar-refractivity contribution < 1.29 is 14.2 Å². The number of benzene rings is 3. The first-order valence-corrected chi connectivity index (χ1v) is 9.95. The van der Waals surface area contributed by atoms with Crippen LogP contribution in [0.5, 0.6) is 11.5 Å². The minimum Gasteiger partial charge on any atom is -0.493 e. The Hall–Kier alpha value is -2.21. The lowest BCUT2D eigenvalue weighted by molar-refractivity contribution is 0.0156. The monoisotopic (exact) mass is 459 g/mol. The van der Waals surface area contributed by atoms with Crippen LogP contribution in [0.1, 0.15) is 29.0 Å². The zero-order valence-electron chi connectivity index (χ0n) is 15.4. The van der Waals surface area contributed by atoms with Crippen LogP contribution in [-0.2, 0) is 4.74 Å². The first kappa shape index (κ1) is 19.1. The molecule has 0 amide bonds. The molecule has 0 spiro atoms. The standard InChI is InChI=1S/C22H19BrClNO3/c1-26-19-11-14(10-17(23)21(19)27-2)22-25-18-9-8-15(24)12-16(18)20(28-22)13-6-4-3-5-7-13/h3-12,20,22,25H,1-2H3. The summed E-state index contributed by atoms with van der Waals surface area (Å²) in [6.07, 6.45) is -0.608. The molecule has 4 rings (SSSR count). The van der Waals surface area contributed by atoms with Gasteiger partial charge in [0.15, 0.2) is 17.7 Å². The van der Waals surface area contributed by atoms with Crippen LogP contribution < -0.4 is 14.8 Å². The summed E-state index contributed by atoms with van der Waals surface area (Å²) in [5.41, 5.74) is 3.98. The van der Waals surface area contributed by atoms with Crippen molar-refractivity contribution in [2.45, 2.75) is 12.3 Å². The lowest BCUT2D eigenvalue weighted by Gasteiger charge is -2.34. The molecule has 2 atom stereocenters. The van der Waals surface area contributed by atoms with Gasteiger partial charge in [-0.05, 0) is 51.8 Å². The Kier molecular flexibility index (Phi) is 5.49. The fourth-order valence-corrected chi connectivity index (χ4v) is 4.21. The number of hydrogen-bond acceptors (Lipinski definition) is 4. The first-order valence-electron chi connectivity index (χ1n) is 8.78. The van der Waals surface area contributed by atoms with Crippen LogP contribution in [0.2, 0.25) is 5.02 Å². The van der Waals surface area contributed by atoms with E-state index in [1.165, 1.54) is 0 Å². The molecule has 4 nitrogen and oxygen atoms in total. The van der Waals surface area contributed by atoms with Crippen LogP contribution in [0, 0.1) is 0 Å². The number of anilines is 1. The van der Waals surface area contributed by atoms with Crippen molar-refractivity contribution in [3.8, 4) is 11.5 Å². The molecule has 1 aliphatic heterocycles. The van der Waals surface area contributed by atoms with Gasteiger partial charge in [-0.2, -0.15) is 0 Å². The molecule has 0 aliphatic carbocycles. The molecule has 6 heteroatoms. The fourth-order valence-electron chi connectivity index (χ4n) is 3.40. The zero-order chi connectivity index (χ0) is 19.7. The molecular formula is C22H19BrClNO3. The van der Waals surface area contributed by atoms with Gasteiger partial charge < -0.3 is 19.5 Å². The summed E-state index contributed by atoms with van der Waals surface area (Å²) in [4.78, 5) is 0. The van der Waals surface area contributed by atoms with Crippen LogP contribution in [0.25, 0.3) is 0 Å². The maximum absolute atomic E-state index is 6.48. The number of methoxy groups -OCH3 is 2.